The van der Waals surface area contributed by atoms with E-state index in [0.29, 0.717) is 0 Å². The van der Waals surface area contributed by atoms with Crippen LogP contribution in [-0.4, -0.2) is 11.7 Å². The summed E-state index contributed by atoms with van der Waals surface area (Å²) in [7, 11) is 0. The smallest absolute Gasteiger partial charge is 0.126 e. The fourth-order valence-electron chi connectivity index (χ4n) is 1.90. The maximum atomic E-state index is 12.8. The van der Waals surface area contributed by atoms with Crippen molar-refractivity contribution in [3.8, 4) is 5.75 Å². The van der Waals surface area contributed by atoms with E-state index in [1.165, 1.54) is 25.3 Å². The molecule has 0 spiro atoms. The Morgan fingerprint density at radius 1 is 1.50 bits per heavy atom. The van der Waals surface area contributed by atoms with Crippen LogP contribution in [0, 0.1) is 11.7 Å². The standard InChI is InChI=1S/C13H18FNO/c1-9(15-7-6-10-2-3-10)12-5-4-11(14)8-13(12)16/h4-5,8-10,15-16H,2-3,6-7H2,1H3. The molecule has 2 N–H and O–H groups in total. The van der Waals surface area contributed by atoms with E-state index < -0.39 is 5.82 Å². The highest BCUT2D eigenvalue weighted by molar-refractivity contribution is 5.34. The predicted octanol–water partition coefficient (Wildman–Crippen LogP) is 2.98. The number of rotatable bonds is 5. The average molecular weight is 223 g/mol. The fraction of sp³-hybridized carbons (Fsp3) is 0.538. The van der Waals surface area contributed by atoms with Gasteiger partial charge in [-0.3, -0.25) is 0 Å². The van der Waals surface area contributed by atoms with Gasteiger partial charge in [-0.05, 0) is 31.9 Å². The van der Waals surface area contributed by atoms with Crippen molar-refractivity contribution >= 4 is 0 Å². The fourth-order valence-corrected chi connectivity index (χ4v) is 1.90. The number of phenolic OH excluding ortho intramolecular Hbond substituents is 1. The van der Waals surface area contributed by atoms with Crippen molar-refractivity contribution in [1.82, 2.24) is 5.32 Å². The summed E-state index contributed by atoms with van der Waals surface area (Å²) in [5.74, 6) is 0.541. The highest BCUT2D eigenvalue weighted by Crippen LogP contribution is 2.32. The molecule has 2 rings (SSSR count). The molecule has 88 valence electrons. The lowest BCUT2D eigenvalue weighted by Crippen LogP contribution is -2.20. The second-order valence-corrected chi connectivity index (χ2v) is 4.61. The minimum absolute atomic E-state index is 0.0337. The third-order valence-electron chi connectivity index (χ3n) is 3.16. The number of nitrogens with one attached hydrogen (secondary N) is 1. The summed E-state index contributed by atoms with van der Waals surface area (Å²) in [6.07, 6.45) is 3.92. The molecule has 1 aromatic carbocycles. The number of aromatic hydroxyl groups is 1. The molecule has 1 unspecified atom stereocenters. The van der Waals surface area contributed by atoms with Crippen LogP contribution in [0.5, 0.6) is 5.75 Å². The van der Waals surface area contributed by atoms with Gasteiger partial charge in [0, 0.05) is 17.7 Å². The molecular formula is C13H18FNO. The Balaban J connectivity index is 1.88. The van der Waals surface area contributed by atoms with Gasteiger partial charge in [0.25, 0.3) is 0 Å². The average Bonchev–Trinajstić information content (AvgIpc) is 3.01. The molecule has 0 saturated heterocycles. The monoisotopic (exact) mass is 223 g/mol. The van der Waals surface area contributed by atoms with Gasteiger partial charge in [-0.25, -0.2) is 4.39 Å². The molecule has 1 aromatic rings. The van der Waals surface area contributed by atoms with Crippen molar-refractivity contribution < 1.29 is 9.50 Å². The van der Waals surface area contributed by atoms with E-state index in [9.17, 15) is 9.50 Å². The second-order valence-electron chi connectivity index (χ2n) is 4.61. The molecule has 0 radical (unpaired) electrons. The lowest BCUT2D eigenvalue weighted by Gasteiger charge is -2.15. The Bertz CT molecular complexity index is 363. The summed E-state index contributed by atoms with van der Waals surface area (Å²) >= 11 is 0. The number of halogens is 1. The van der Waals surface area contributed by atoms with Crippen LogP contribution in [0.4, 0.5) is 4.39 Å². The van der Waals surface area contributed by atoms with E-state index in [2.05, 4.69) is 5.32 Å². The van der Waals surface area contributed by atoms with Crippen molar-refractivity contribution in [3.63, 3.8) is 0 Å². The van der Waals surface area contributed by atoms with Gasteiger partial charge in [-0.15, -0.1) is 0 Å². The molecule has 0 bridgehead atoms. The molecule has 0 aliphatic heterocycles. The van der Waals surface area contributed by atoms with Gasteiger partial charge in [-0.1, -0.05) is 18.9 Å². The van der Waals surface area contributed by atoms with Gasteiger partial charge in [-0.2, -0.15) is 0 Å². The molecule has 0 amide bonds. The van der Waals surface area contributed by atoms with Crippen LogP contribution in [0.2, 0.25) is 0 Å². The molecule has 1 fully saturated rings. The number of hydrogen-bond acceptors (Lipinski definition) is 2. The number of benzene rings is 1. The van der Waals surface area contributed by atoms with Gasteiger partial charge >= 0.3 is 0 Å². The van der Waals surface area contributed by atoms with Crippen molar-refractivity contribution in [2.45, 2.75) is 32.2 Å². The Morgan fingerprint density at radius 2 is 2.25 bits per heavy atom. The maximum absolute atomic E-state index is 12.8. The SMILES string of the molecule is CC(NCCC1CC1)c1ccc(F)cc1O. The van der Waals surface area contributed by atoms with E-state index in [1.54, 1.807) is 6.07 Å². The van der Waals surface area contributed by atoms with Gasteiger partial charge in [0.05, 0.1) is 0 Å². The number of phenols is 1. The molecule has 3 heteroatoms. The molecule has 0 heterocycles. The third kappa shape index (κ3) is 2.95. The first-order chi connectivity index (χ1) is 7.66. The molecular weight excluding hydrogens is 205 g/mol. The highest BCUT2D eigenvalue weighted by atomic mass is 19.1. The lowest BCUT2D eigenvalue weighted by atomic mass is 10.1. The first-order valence-corrected chi connectivity index (χ1v) is 5.88. The summed E-state index contributed by atoms with van der Waals surface area (Å²) in [4.78, 5) is 0. The molecule has 1 atom stereocenters. The molecule has 2 nitrogen and oxygen atoms in total. The topological polar surface area (TPSA) is 32.3 Å². The van der Waals surface area contributed by atoms with Crippen molar-refractivity contribution in [2.75, 3.05) is 6.54 Å². The minimum atomic E-state index is -0.397. The summed E-state index contributed by atoms with van der Waals surface area (Å²) in [5, 5.41) is 13.0. The molecule has 1 saturated carbocycles. The molecule has 1 aliphatic carbocycles. The van der Waals surface area contributed by atoms with Crippen LogP contribution < -0.4 is 5.32 Å². The zero-order valence-electron chi connectivity index (χ0n) is 9.54. The lowest BCUT2D eigenvalue weighted by molar-refractivity contribution is 0.445. The molecule has 1 aliphatic rings. The zero-order valence-corrected chi connectivity index (χ0v) is 9.54. The maximum Gasteiger partial charge on any atom is 0.126 e. The van der Waals surface area contributed by atoms with Crippen LogP contribution >= 0.6 is 0 Å². The van der Waals surface area contributed by atoms with E-state index in [0.717, 1.165) is 24.1 Å². The van der Waals surface area contributed by atoms with E-state index in [-0.39, 0.29) is 11.8 Å². The van der Waals surface area contributed by atoms with Crippen LogP contribution in [0.3, 0.4) is 0 Å². The van der Waals surface area contributed by atoms with Gasteiger partial charge < -0.3 is 10.4 Å². The first-order valence-electron chi connectivity index (χ1n) is 5.88. The van der Waals surface area contributed by atoms with E-state index in [1.807, 2.05) is 6.92 Å². The highest BCUT2D eigenvalue weighted by Gasteiger charge is 2.20. The van der Waals surface area contributed by atoms with Crippen LogP contribution in [0.1, 0.15) is 37.8 Å². The second kappa shape index (κ2) is 4.83. The minimum Gasteiger partial charge on any atom is -0.508 e. The van der Waals surface area contributed by atoms with Gasteiger partial charge in [0.15, 0.2) is 0 Å². The Hall–Kier alpha value is -1.09. The van der Waals surface area contributed by atoms with Crippen LogP contribution in [0.15, 0.2) is 18.2 Å². The quantitative estimate of drug-likeness (QED) is 0.804. The van der Waals surface area contributed by atoms with Crippen molar-refractivity contribution in [3.05, 3.63) is 29.6 Å². The molecule has 0 aromatic heterocycles. The number of hydrogen-bond donors (Lipinski definition) is 2. The zero-order chi connectivity index (χ0) is 11.5. The molecule has 16 heavy (non-hydrogen) atoms. The third-order valence-corrected chi connectivity index (χ3v) is 3.16. The van der Waals surface area contributed by atoms with Crippen molar-refractivity contribution in [1.29, 1.82) is 0 Å². The Labute approximate surface area is 95.5 Å². The van der Waals surface area contributed by atoms with Crippen LogP contribution in [-0.2, 0) is 0 Å². The van der Waals surface area contributed by atoms with Crippen LogP contribution in [0.25, 0.3) is 0 Å². The summed E-state index contributed by atoms with van der Waals surface area (Å²) < 4.78 is 12.8. The van der Waals surface area contributed by atoms with E-state index >= 15 is 0 Å². The van der Waals surface area contributed by atoms with Gasteiger partial charge in [0.1, 0.15) is 11.6 Å². The summed E-state index contributed by atoms with van der Waals surface area (Å²) in [5.41, 5.74) is 0.761. The van der Waals surface area contributed by atoms with E-state index in [4.69, 9.17) is 0 Å². The van der Waals surface area contributed by atoms with Gasteiger partial charge in [0.2, 0.25) is 0 Å². The first kappa shape index (κ1) is 11.4. The normalized spacial score (nSPS) is 17.4. The van der Waals surface area contributed by atoms with Crippen molar-refractivity contribution in [2.24, 2.45) is 5.92 Å². The predicted molar refractivity (Wildman–Crippen MR) is 61.8 cm³/mol. The Kier molecular flexibility index (Phi) is 3.44. The Morgan fingerprint density at radius 3 is 2.88 bits per heavy atom. The largest absolute Gasteiger partial charge is 0.508 e. The summed E-state index contributed by atoms with van der Waals surface area (Å²) in [6.45, 7) is 2.95. The summed E-state index contributed by atoms with van der Waals surface area (Å²) in [6, 6.07) is 4.25.